The average molecular weight is 455 g/mol. The molecule has 3 saturated heterocycles. The molecule has 4 rings (SSSR count). The second kappa shape index (κ2) is 9.33. The molecule has 3 aliphatic heterocycles. The van der Waals surface area contributed by atoms with Crippen LogP contribution >= 0.6 is 11.3 Å². The molecule has 1 aromatic heterocycles. The summed E-state index contributed by atoms with van der Waals surface area (Å²) in [6.07, 6.45) is 3.61. The van der Waals surface area contributed by atoms with Gasteiger partial charge in [-0.3, -0.25) is 14.5 Å². The van der Waals surface area contributed by atoms with Gasteiger partial charge in [-0.25, -0.2) is 8.42 Å². The molecule has 4 heterocycles. The van der Waals surface area contributed by atoms with Gasteiger partial charge in [0.15, 0.2) is 0 Å². The van der Waals surface area contributed by atoms with Gasteiger partial charge < -0.3 is 9.80 Å². The summed E-state index contributed by atoms with van der Waals surface area (Å²) in [6.45, 7) is 5.46. The van der Waals surface area contributed by atoms with E-state index in [0.717, 1.165) is 32.4 Å². The Labute approximate surface area is 182 Å². The number of hydrogen-bond donors (Lipinski definition) is 0. The lowest BCUT2D eigenvalue weighted by atomic mass is 9.98. The van der Waals surface area contributed by atoms with E-state index in [1.807, 2.05) is 9.80 Å². The van der Waals surface area contributed by atoms with Crippen LogP contribution in [0.25, 0.3) is 0 Å². The van der Waals surface area contributed by atoms with E-state index in [2.05, 4.69) is 4.90 Å². The first-order chi connectivity index (χ1) is 14.4. The maximum atomic E-state index is 13.1. The molecule has 30 heavy (non-hydrogen) atoms. The van der Waals surface area contributed by atoms with Crippen LogP contribution in [0.2, 0.25) is 0 Å². The van der Waals surface area contributed by atoms with Crippen LogP contribution in [-0.4, -0.2) is 98.1 Å². The first kappa shape index (κ1) is 21.7. The molecule has 0 radical (unpaired) electrons. The van der Waals surface area contributed by atoms with Gasteiger partial charge in [0.2, 0.25) is 11.8 Å². The third kappa shape index (κ3) is 4.71. The summed E-state index contributed by atoms with van der Waals surface area (Å²) in [4.78, 5) is 31.3. The van der Waals surface area contributed by atoms with Crippen LogP contribution in [0.1, 0.15) is 25.7 Å². The van der Waals surface area contributed by atoms with Gasteiger partial charge in [0.05, 0.1) is 12.5 Å². The number of hydrogen-bond acceptors (Lipinski definition) is 6. The lowest BCUT2D eigenvalue weighted by Gasteiger charge is -2.38. The zero-order valence-corrected chi connectivity index (χ0v) is 18.9. The number of piperidine rings is 1. The molecule has 0 unspecified atom stereocenters. The highest BCUT2D eigenvalue weighted by molar-refractivity contribution is 7.91. The fraction of sp³-hybridized carbons (Fsp3) is 0.700. The summed E-state index contributed by atoms with van der Waals surface area (Å²) in [5.74, 6) is -0.0492. The van der Waals surface area contributed by atoms with E-state index in [1.54, 1.807) is 17.5 Å². The Balaban J connectivity index is 1.29. The van der Waals surface area contributed by atoms with E-state index >= 15 is 0 Å². The number of nitrogens with zero attached hydrogens (tertiary/aromatic N) is 4. The second-order valence-corrected chi connectivity index (χ2v) is 11.4. The number of rotatable bonds is 5. The largest absolute Gasteiger partial charge is 0.342 e. The van der Waals surface area contributed by atoms with E-state index < -0.39 is 10.0 Å². The Bertz CT molecular complexity index is 844. The van der Waals surface area contributed by atoms with Crippen LogP contribution in [0.5, 0.6) is 0 Å². The smallest absolute Gasteiger partial charge is 0.252 e. The van der Waals surface area contributed by atoms with Gasteiger partial charge >= 0.3 is 0 Å². The lowest BCUT2D eigenvalue weighted by molar-refractivity contribution is -0.139. The van der Waals surface area contributed by atoms with Crippen LogP contribution in [0.3, 0.4) is 0 Å². The molecule has 3 fully saturated rings. The molecular weight excluding hydrogens is 424 g/mol. The third-order valence-electron chi connectivity index (χ3n) is 6.32. The SMILES string of the molecule is O=C(CN1CCN(C(=O)[C@H]2CCCN(S(=O)(=O)c3cccs3)C2)CC1)N1CCCC1. The predicted octanol–water partition coefficient (Wildman–Crippen LogP) is 0.915. The van der Waals surface area contributed by atoms with Crippen molar-refractivity contribution in [1.29, 1.82) is 0 Å². The van der Waals surface area contributed by atoms with Crippen LogP contribution in [-0.2, 0) is 19.6 Å². The van der Waals surface area contributed by atoms with Crippen molar-refractivity contribution in [3.05, 3.63) is 17.5 Å². The molecule has 0 bridgehead atoms. The molecule has 2 amide bonds. The van der Waals surface area contributed by atoms with E-state index in [0.29, 0.717) is 49.9 Å². The van der Waals surface area contributed by atoms with Gasteiger partial charge in [0.1, 0.15) is 4.21 Å². The minimum Gasteiger partial charge on any atom is -0.342 e. The topological polar surface area (TPSA) is 81.2 Å². The quantitative estimate of drug-likeness (QED) is 0.661. The summed E-state index contributed by atoms with van der Waals surface area (Å²) in [5.41, 5.74) is 0. The first-order valence-corrected chi connectivity index (χ1v) is 13.1. The Morgan fingerprint density at radius 1 is 0.967 bits per heavy atom. The van der Waals surface area contributed by atoms with Crippen molar-refractivity contribution in [3.63, 3.8) is 0 Å². The van der Waals surface area contributed by atoms with Gasteiger partial charge in [-0.15, -0.1) is 11.3 Å². The summed E-state index contributed by atoms with van der Waals surface area (Å²) < 4.78 is 27.4. The minimum atomic E-state index is -3.52. The van der Waals surface area contributed by atoms with Gasteiger partial charge in [-0.2, -0.15) is 4.31 Å². The normalized spacial score (nSPS) is 24.3. The maximum Gasteiger partial charge on any atom is 0.252 e. The van der Waals surface area contributed by atoms with Crippen molar-refractivity contribution in [2.75, 3.05) is 58.9 Å². The maximum absolute atomic E-state index is 13.1. The molecule has 8 nitrogen and oxygen atoms in total. The number of piperazine rings is 1. The number of carbonyl (C=O) groups is 2. The van der Waals surface area contributed by atoms with Crippen molar-refractivity contribution in [2.24, 2.45) is 5.92 Å². The van der Waals surface area contributed by atoms with Crippen molar-refractivity contribution >= 4 is 33.2 Å². The fourth-order valence-corrected chi connectivity index (χ4v) is 7.21. The predicted molar refractivity (Wildman–Crippen MR) is 115 cm³/mol. The monoisotopic (exact) mass is 454 g/mol. The number of carbonyl (C=O) groups excluding carboxylic acids is 2. The highest BCUT2D eigenvalue weighted by atomic mass is 32.2. The van der Waals surface area contributed by atoms with Crippen LogP contribution < -0.4 is 0 Å². The Morgan fingerprint density at radius 3 is 2.37 bits per heavy atom. The number of likely N-dealkylation sites (tertiary alicyclic amines) is 1. The number of sulfonamides is 1. The second-order valence-electron chi connectivity index (χ2n) is 8.32. The van der Waals surface area contributed by atoms with Gasteiger partial charge in [0.25, 0.3) is 10.0 Å². The molecule has 10 heteroatoms. The minimum absolute atomic E-state index is 0.0478. The van der Waals surface area contributed by atoms with E-state index in [-0.39, 0.29) is 24.3 Å². The van der Waals surface area contributed by atoms with Crippen LogP contribution in [0.4, 0.5) is 0 Å². The summed E-state index contributed by atoms with van der Waals surface area (Å²) in [5, 5.41) is 1.76. The van der Waals surface area contributed by atoms with Crippen molar-refractivity contribution in [2.45, 2.75) is 29.9 Å². The molecule has 0 N–H and O–H groups in total. The zero-order valence-electron chi connectivity index (χ0n) is 17.2. The number of thiophene rings is 1. The first-order valence-electron chi connectivity index (χ1n) is 10.8. The molecule has 1 atom stereocenters. The van der Waals surface area contributed by atoms with Crippen molar-refractivity contribution < 1.29 is 18.0 Å². The Kier molecular flexibility index (Phi) is 6.76. The molecular formula is C20H30N4O4S2. The summed E-state index contributed by atoms with van der Waals surface area (Å²) >= 11 is 1.21. The van der Waals surface area contributed by atoms with Crippen LogP contribution in [0, 0.1) is 5.92 Å². The molecule has 166 valence electrons. The standard InChI is InChI=1S/C20H30N4O4S2/c25-18(22-7-1-2-8-22)16-21-10-12-23(13-11-21)20(26)17-5-3-9-24(15-17)30(27,28)19-6-4-14-29-19/h4,6,14,17H,1-3,5,7-13,15-16H2/t17-/m0/s1. The average Bonchev–Trinajstić information content (AvgIpc) is 3.48. The van der Waals surface area contributed by atoms with E-state index in [4.69, 9.17) is 0 Å². The Hall–Kier alpha value is -1.49. The molecule has 1 aromatic rings. The molecule has 0 aromatic carbocycles. The molecule has 0 aliphatic carbocycles. The van der Waals surface area contributed by atoms with Crippen molar-refractivity contribution in [1.82, 2.24) is 19.0 Å². The van der Waals surface area contributed by atoms with Crippen LogP contribution in [0.15, 0.2) is 21.7 Å². The summed E-state index contributed by atoms with van der Waals surface area (Å²) in [6, 6.07) is 3.35. The molecule has 3 aliphatic rings. The van der Waals surface area contributed by atoms with E-state index in [9.17, 15) is 18.0 Å². The fourth-order valence-electron chi connectivity index (χ4n) is 4.54. The third-order valence-corrected chi connectivity index (χ3v) is 9.56. The summed E-state index contributed by atoms with van der Waals surface area (Å²) in [7, 11) is -3.52. The zero-order chi connectivity index (χ0) is 21.1. The number of amides is 2. The highest BCUT2D eigenvalue weighted by Crippen LogP contribution is 2.27. The van der Waals surface area contributed by atoms with Gasteiger partial charge in [-0.05, 0) is 37.1 Å². The molecule has 0 saturated carbocycles. The molecule has 0 spiro atoms. The van der Waals surface area contributed by atoms with Gasteiger partial charge in [-0.1, -0.05) is 6.07 Å². The Morgan fingerprint density at radius 2 is 1.70 bits per heavy atom. The lowest BCUT2D eigenvalue weighted by Crippen LogP contribution is -2.54. The van der Waals surface area contributed by atoms with Crippen molar-refractivity contribution in [3.8, 4) is 0 Å². The highest BCUT2D eigenvalue weighted by Gasteiger charge is 2.36. The van der Waals surface area contributed by atoms with Gasteiger partial charge in [0, 0.05) is 52.4 Å². The van der Waals surface area contributed by atoms with E-state index in [1.165, 1.54) is 15.6 Å².